The topological polar surface area (TPSA) is 82.1 Å². The first-order valence-corrected chi connectivity index (χ1v) is 5.50. The third-order valence-corrected chi connectivity index (χ3v) is 2.53. The Hall–Kier alpha value is -2.50. The number of carboxylic acid groups (broad SMARTS) is 1. The number of hydrogen-bond acceptors (Lipinski definition) is 5. The van der Waals surface area contributed by atoms with Gasteiger partial charge in [0.1, 0.15) is 0 Å². The summed E-state index contributed by atoms with van der Waals surface area (Å²) in [7, 11) is 1.21. The zero-order valence-electron chi connectivity index (χ0n) is 10.2. The van der Waals surface area contributed by atoms with Crippen LogP contribution in [0, 0.1) is 0 Å². The van der Waals surface area contributed by atoms with Gasteiger partial charge < -0.3 is 19.3 Å². The minimum Gasteiger partial charge on any atom is -0.481 e. The first-order chi connectivity index (χ1) is 9.10. The number of fused-ring (bicyclic) bond motifs is 1. The molecule has 2 rings (SSSR count). The monoisotopic (exact) mass is 264 g/mol. The number of ether oxygens (including phenoxy) is 3. The second-order valence-electron chi connectivity index (χ2n) is 3.84. The van der Waals surface area contributed by atoms with Gasteiger partial charge in [0.05, 0.1) is 13.5 Å². The first-order valence-electron chi connectivity index (χ1n) is 5.50. The van der Waals surface area contributed by atoms with Gasteiger partial charge in [-0.15, -0.1) is 0 Å². The Labute approximate surface area is 109 Å². The van der Waals surface area contributed by atoms with Gasteiger partial charge in [-0.3, -0.25) is 4.79 Å². The van der Waals surface area contributed by atoms with Crippen molar-refractivity contribution < 1.29 is 28.9 Å². The van der Waals surface area contributed by atoms with Crippen LogP contribution < -0.4 is 9.47 Å². The van der Waals surface area contributed by atoms with Crippen molar-refractivity contribution in [3.8, 4) is 11.5 Å². The second kappa shape index (κ2) is 5.43. The van der Waals surface area contributed by atoms with Crippen LogP contribution in [-0.2, 0) is 14.3 Å². The molecule has 1 heterocycles. The minimum absolute atomic E-state index is 0.0638. The molecule has 100 valence electrons. The quantitative estimate of drug-likeness (QED) is 0.654. The molecule has 0 spiro atoms. The molecular weight excluding hydrogens is 252 g/mol. The lowest BCUT2D eigenvalue weighted by Crippen LogP contribution is -2.09. The highest BCUT2D eigenvalue weighted by Gasteiger charge is 2.16. The summed E-state index contributed by atoms with van der Waals surface area (Å²) in [4.78, 5) is 22.2. The van der Waals surface area contributed by atoms with E-state index in [1.54, 1.807) is 18.2 Å². The number of aliphatic carboxylic acids is 1. The molecule has 0 fully saturated rings. The molecule has 0 saturated carbocycles. The number of carboxylic acids is 1. The Morgan fingerprint density at radius 1 is 1.37 bits per heavy atom. The fraction of sp³-hybridized carbons (Fsp3) is 0.231. The summed E-state index contributed by atoms with van der Waals surface area (Å²) in [5, 5.41) is 8.77. The molecule has 1 N–H and O–H groups in total. The van der Waals surface area contributed by atoms with Gasteiger partial charge in [0.2, 0.25) is 6.79 Å². The van der Waals surface area contributed by atoms with E-state index in [0.29, 0.717) is 17.1 Å². The van der Waals surface area contributed by atoms with Crippen LogP contribution in [0.25, 0.3) is 6.08 Å². The van der Waals surface area contributed by atoms with Gasteiger partial charge in [-0.05, 0) is 23.8 Å². The highest BCUT2D eigenvalue weighted by atomic mass is 16.7. The summed E-state index contributed by atoms with van der Waals surface area (Å²) in [5.74, 6) is -0.583. The maximum Gasteiger partial charge on any atom is 0.334 e. The molecular formula is C13H12O6. The molecule has 0 radical (unpaired) electrons. The smallest absolute Gasteiger partial charge is 0.334 e. The highest BCUT2D eigenvalue weighted by Crippen LogP contribution is 2.33. The molecule has 0 atom stereocenters. The van der Waals surface area contributed by atoms with Crippen LogP contribution >= 0.6 is 0 Å². The van der Waals surface area contributed by atoms with Gasteiger partial charge in [0.25, 0.3) is 0 Å². The van der Waals surface area contributed by atoms with Gasteiger partial charge in [-0.25, -0.2) is 4.79 Å². The molecule has 6 heteroatoms. The number of benzene rings is 1. The number of hydrogen-bond donors (Lipinski definition) is 1. The molecule has 0 aliphatic carbocycles. The van der Waals surface area contributed by atoms with Gasteiger partial charge in [0.15, 0.2) is 11.5 Å². The summed E-state index contributed by atoms with van der Waals surface area (Å²) in [6.07, 6.45) is 1.06. The van der Waals surface area contributed by atoms with Crippen molar-refractivity contribution in [1.29, 1.82) is 0 Å². The largest absolute Gasteiger partial charge is 0.481 e. The Morgan fingerprint density at radius 2 is 2.11 bits per heavy atom. The van der Waals surface area contributed by atoms with E-state index < -0.39 is 18.4 Å². The Bertz CT molecular complexity index is 546. The Balaban J connectivity index is 2.29. The number of carbonyl (C=O) groups is 2. The van der Waals surface area contributed by atoms with Crippen molar-refractivity contribution >= 4 is 18.0 Å². The molecule has 19 heavy (non-hydrogen) atoms. The van der Waals surface area contributed by atoms with Crippen molar-refractivity contribution in [3.05, 3.63) is 29.3 Å². The van der Waals surface area contributed by atoms with E-state index in [4.69, 9.17) is 14.6 Å². The molecule has 0 unspecified atom stereocenters. The maximum atomic E-state index is 11.5. The summed E-state index contributed by atoms with van der Waals surface area (Å²) >= 11 is 0. The van der Waals surface area contributed by atoms with E-state index in [1.807, 2.05) is 0 Å². The van der Waals surface area contributed by atoms with Crippen molar-refractivity contribution in [1.82, 2.24) is 0 Å². The molecule has 0 aromatic heterocycles. The molecule has 1 aliphatic rings. The third kappa shape index (κ3) is 3.04. The molecule has 1 aliphatic heterocycles. The van der Waals surface area contributed by atoms with Crippen molar-refractivity contribution in [2.75, 3.05) is 13.9 Å². The third-order valence-electron chi connectivity index (χ3n) is 2.53. The number of carbonyl (C=O) groups excluding carboxylic acids is 1. The molecule has 0 bridgehead atoms. The fourth-order valence-electron chi connectivity index (χ4n) is 1.68. The van der Waals surface area contributed by atoms with Gasteiger partial charge in [-0.1, -0.05) is 6.07 Å². The SMILES string of the molecule is COC(=O)/C(=C\c1ccc2c(c1)OCO2)CC(=O)O. The predicted molar refractivity (Wildman–Crippen MR) is 64.8 cm³/mol. The lowest BCUT2D eigenvalue weighted by molar-refractivity contribution is -0.141. The molecule has 6 nitrogen and oxygen atoms in total. The minimum atomic E-state index is -1.10. The summed E-state index contributed by atoms with van der Waals surface area (Å²) < 4.78 is 14.9. The van der Waals surface area contributed by atoms with Crippen molar-refractivity contribution in [3.63, 3.8) is 0 Å². The van der Waals surface area contributed by atoms with Crippen molar-refractivity contribution in [2.45, 2.75) is 6.42 Å². The summed E-state index contributed by atoms with van der Waals surface area (Å²) in [6, 6.07) is 5.08. The van der Waals surface area contributed by atoms with Crippen molar-refractivity contribution in [2.24, 2.45) is 0 Å². The Morgan fingerprint density at radius 3 is 2.79 bits per heavy atom. The number of esters is 1. The lowest BCUT2D eigenvalue weighted by atomic mass is 10.1. The van der Waals surface area contributed by atoms with E-state index in [-0.39, 0.29) is 12.4 Å². The van der Waals surface area contributed by atoms with Crippen LogP contribution in [0.1, 0.15) is 12.0 Å². The van der Waals surface area contributed by atoms with Crippen LogP contribution in [0.3, 0.4) is 0 Å². The van der Waals surface area contributed by atoms with E-state index in [0.717, 1.165) is 0 Å². The second-order valence-corrected chi connectivity index (χ2v) is 3.84. The average Bonchev–Trinajstić information content (AvgIpc) is 2.84. The summed E-state index contributed by atoms with van der Waals surface area (Å²) in [6.45, 7) is 0.154. The lowest BCUT2D eigenvalue weighted by Gasteiger charge is -2.03. The average molecular weight is 264 g/mol. The van der Waals surface area contributed by atoms with Crippen LogP contribution in [0.15, 0.2) is 23.8 Å². The molecule has 1 aromatic rings. The standard InChI is InChI=1S/C13H12O6/c1-17-13(16)9(6-12(14)15)4-8-2-3-10-11(5-8)19-7-18-10/h2-5H,6-7H2,1H3,(H,14,15)/b9-4-. The van der Waals surface area contributed by atoms with Crippen LogP contribution in [-0.4, -0.2) is 30.9 Å². The normalized spacial score (nSPS) is 13.2. The number of methoxy groups -OCH3 is 1. The molecule has 1 aromatic carbocycles. The fourth-order valence-corrected chi connectivity index (χ4v) is 1.68. The number of rotatable bonds is 4. The van der Waals surface area contributed by atoms with E-state index in [9.17, 15) is 9.59 Å². The summed E-state index contributed by atoms with van der Waals surface area (Å²) in [5.41, 5.74) is 0.708. The van der Waals surface area contributed by atoms with Gasteiger partial charge in [0, 0.05) is 5.57 Å². The predicted octanol–water partition coefficient (Wildman–Crippen LogP) is 1.45. The zero-order chi connectivity index (χ0) is 13.8. The molecule has 0 saturated heterocycles. The van der Waals surface area contributed by atoms with Gasteiger partial charge in [-0.2, -0.15) is 0 Å². The van der Waals surface area contributed by atoms with Crippen LogP contribution in [0.5, 0.6) is 11.5 Å². The van der Waals surface area contributed by atoms with Crippen LogP contribution in [0.4, 0.5) is 0 Å². The zero-order valence-corrected chi connectivity index (χ0v) is 10.2. The molecule has 0 amide bonds. The van der Waals surface area contributed by atoms with Crippen LogP contribution in [0.2, 0.25) is 0 Å². The first kappa shape index (κ1) is 12.9. The van der Waals surface area contributed by atoms with Gasteiger partial charge >= 0.3 is 11.9 Å². The van der Waals surface area contributed by atoms with E-state index in [1.165, 1.54) is 13.2 Å². The maximum absolute atomic E-state index is 11.5. The Kier molecular flexibility index (Phi) is 3.70. The van der Waals surface area contributed by atoms with E-state index in [2.05, 4.69) is 4.74 Å². The highest BCUT2D eigenvalue weighted by molar-refractivity contribution is 5.97. The van der Waals surface area contributed by atoms with E-state index >= 15 is 0 Å².